The minimum atomic E-state index is -0.996. The van der Waals surface area contributed by atoms with Crippen molar-refractivity contribution in [3.8, 4) is 0 Å². The van der Waals surface area contributed by atoms with Crippen LogP contribution in [0.25, 0.3) is 0 Å². The zero-order valence-corrected chi connectivity index (χ0v) is 12.9. The van der Waals surface area contributed by atoms with Crippen molar-refractivity contribution >= 4 is 29.3 Å². The van der Waals surface area contributed by atoms with Gasteiger partial charge in [-0.25, -0.2) is 4.79 Å². The first-order valence-electron chi connectivity index (χ1n) is 6.20. The van der Waals surface area contributed by atoms with E-state index in [9.17, 15) is 4.79 Å². The minimum Gasteiger partial charge on any atom is -0.478 e. The van der Waals surface area contributed by atoms with Crippen molar-refractivity contribution in [1.29, 1.82) is 0 Å². The van der Waals surface area contributed by atoms with Crippen LogP contribution in [0.15, 0.2) is 41.3 Å². The zero-order valence-electron chi connectivity index (χ0n) is 11.3. The summed E-state index contributed by atoms with van der Waals surface area (Å²) in [7, 11) is 0. The first-order chi connectivity index (χ1) is 9.49. The van der Waals surface area contributed by atoms with Crippen LogP contribution in [0.3, 0.4) is 0 Å². The average Bonchev–Trinajstić information content (AvgIpc) is 2.39. The van der Waals surface area contributed by atoms with Gasteiger partial charge >= 0.3 is 5.97 Å². The maximum Gasteiger partial charge on any atom is 0.337 e. The molecule has 0 saturated heterocycles. The van der Waals surface area contributed by atoms with Crippen LogP contribution in [0.1, 0.15) is 27.0 Å². The SMILES string of the molecule is Cc1cccc(C)c1CSc1ccc(Cl)c(C(=O)O)c1. The van der Waals surface area contributed by atoms with Gasteiger partial charge in [0.2, 0.25) is 0 Å². The molecular weight excluding hydrogens is 292 g/mol. The molecular formula is C16H15ClO2S. The fourth-order valence-corrected chi connectivity index (χ4v) is 3.32. The summed E-state index contributed by atoms with van der Waals surface area (Å²) in [6.45, 7) is 4.18. The van der Waals surface area contributed by atoms with Gasteiger partial charge in [-0.3, -0.25) is 0 Å². The van der Waals surface area contributed by atoms with E-state index in [1.807, 2.05) is 12.1 Å². The van der Waals surface area contributed by atoms with Crippen LogP contribution in [0, 0.1) is 13.8 Å². The molecule has 0 aliphatic carbocycles. The Kier molecular flexibility index (Phi) is 4.73. The second kappa shape index (κ2) is 6.33. The smallest absolute Gasteiger partial charge is 0.337 e. The molecule has 104 valence electrons. The van der Waals surface area contributed by atoms with Crippen molar-refractivity contribution in [3.05, 3.63) is 63.7 Å². The van der Waals surface area contributed by atoms with E-state index >= 15 is 0 Å². The van der Waals surface area contributed by atoms with Gasteiger partial charge in [0.15, 0.2) is 0 Å². The van der Waals surface area contributed by atoms with E-state index in [2.05, 4.69) is 26.0 Å². The highest BCUT2D eigenvalue weighted by Crippen LogP contribution is 2.29. The third kappa shape index (κ3) is 3.35. The first-order valence-corrected chi connectivity index (χ1v) is 7.56. The van der Waals surface area contributed by atoms with Gasteiger partial charge in [-0.05, 0) is 48.7 Å². The van der Waals surface area contributed by atoms with E-state index in [0.29, 0.717) is 0 Å². The lowest BCUT2D eigenvalue weighted by atomic mass is 10.1. The summed E-state index contributed by atoms with van der Waals surface area (Å²) < 4.78 is 0. The highest BCUT2D eigenvalue weighted by Gasteiger charge is 2.10. The van der Waals surface area contributed by atoms with Gasteiger partial charge in [0, 0.05) is 10.6 Å². The molecule has 2 nitrogen and oxygen atoms in total. The number of carbonyl (C=O) groups is 1. The molecule has 0 fully saturated rings. The highest BCUT2D eigenvalue weighted by atomic mass is 35.5. The largest absolute Gasteiger partial charge is 0.478 e. The van der Waals surface area contributed by atoms with Crippen molar-refractivity contribution in [2.24, 2.45) is 0 Å². The number of hydrogen-bond donors (Lipinski definition) is 1. The Morgan fingerprint density at radius 3 is 2.45 bits per heavy atom. The topological polar surface area (TPSA) is 37.3 Å². The van der Waals surface area contributed by atoms with Crippen LogP contribution in [0.2, 0.25) is 5.02 Å². The molecule has 1 N–H and O–H groups in total. The molecule has 2 rings (SSSR count). The summed E-state index contributed by atoms with van der Waals surface area (Å²) in [5.74, 6) is -0.177. The molecule has 4 heteroatoms. The number of benzene rings is 2. The normalized spacial score (nSPS) is 10.6. The number of aromatic carboxylic acids is 1. The minimum absolute atomic E-state index is 0.151. The quantitative estimate of drug-likeness (QED) is 0.812. The predicted octanol–water partition coefficient (Wildman–Crippen LogP) is 4.95. The van der Waals surface area contributed by atoms with E-state index in [1.165, 1.54) is 16.7 Å². The van der Waals surface area contributed by atoms with E-state index in [1.54, 1.807) is 23.9 Å². The fraction of sp³-hybridized carbons (Fsp3) is 0.188. The number of rotatable bonds is 4. The van der Waals surface area contributed by atoms with Gasteiger partial charge in [-0.1, -0.05) is 29.8 Å². The highest BCUT2D eigenvalue weighted by molar-refractivity contribution is 7.98. The Labute approximate surface area is 127 Å². The van der Waals surface area contributed by atoms with Gasteiger partial charge in [0.25, 0.3) is 0 Å². The van der Waals surface area contributed by atoms with E-state index < -0.39 is 5.97 Å². The first kappa shape index (κ1) is 14.9. The summed E-state index contributed by atoms with van der Waals surface area (Å²) in [6, 6.07) is 11.3. The lowest BCUT2D eigenvalue weighted by Gasteiger charge is -2.10. The number of hydrogen-bond acceptors (Lipinski definition) is 2. The van der Waals surface area contributed by atoms with Crippen LogP contribution in [0.5, 0.6) is 0 Å². The van der Waals surface area contributed by atoms with Crippen LogP contribution in [-0.2, 0) is 5.75 Å². The molecule has 0 unspecified atom stereocenters. The van der Waals surface area contributed by atoms with Gasteiger partial charge in [0.1, 0.15) is 0 Å². The lowest BCUT2D eigenvalue weighted by molar-refractivity contribution is 0.0697. The van der Waals surface area contributed by atoms with E-state index in [4.69, 9.17) is 16.7 Å². The van der Waals surface area contributed by atoms with E-state index in [0.717, 1.165) is 10.6 Å². The zero-order chi connectivity index (χ0) is 14.7. The van der Waals surface area contributed by atoms with Crippen molar-refractivity contribution in [2.45, 2.75) is 24.5 Å². The third-order valence-electron chi connectivity index (χ3n) is 3.20. The molecule has 0 saturated carbocycles. The van der Waals surface area contributed by atoms with Crippen molar-refractivity contribution in [2.75, 3.05) is 0 Å². The molecule has 2 aromatic carbocycles. The monoisotopic (exact) mass is 306 g/mol. The predicted molar refractivity (Wildman–Crippen MR) is 83.9 cm³/mol. The van der Waals surface area contributed by atoms with Crippen LogP contribution in [0.4, 0.5) is 0 Å². The molecule has 0 radical (unpaired) electrons. The Bertz CT molecular complexity index is 633. The fourth-order valence-electron chi connectivity index (χ4n) is 1.99. The molecule has 0 aliphatic heterocycles. The number of thioether (sulfide) groups is 1. The van der Waals surface area contributed by atoms with Crippen LogP contribution in [-0.4, -0.2) is 11.1 Å². The van der Waals surface area contributed by atoms with Crippen LogP contribution >= 0.6 is 23.4 Å². The summed E-state index contributed by atoms with van der Waals surface area (Å²) in [6.07, 6.45) is 0. The van der Waals surface area contributed by atoms with Gasteiger partial charge < -0.3 is 5.11 Å². The molecule has 0 atom stereocenters. The van der Waals surface area contributed by atoms with Crippen molar-refractivity contribution in [3.63, 3.8) is 0 Å². The standard InChI is InChI=1S/C16H15ClO2S/c1-10-4-3-5-11(2)14(10)9-20-12-6-7-15(17)13(8-12)16(18)19/h3-8H,9H2,1-2H3,(H,18,19). The number of carboxylic acid groups (broad SMARTS) is 1. The maximum atomic E-state index is 11.1. The van der Waals surface area contributed by atoms with Gasteiger partial charge in [0.05, 0.1) is 10.6 Å². The number of aryl methyl sites for hydroxylation is 2. The van der Waals surface area contributed by atoms with Crippen molar-refractivity contribution < 1.29 is 9.90 Å². The number of halogens is 1. The molecule has 0 spiro atoms. The summed E-state index contributed by atoms with van der Waals surface area (Å²) in [5.41, 5.74) is 3.96. The van der Waals surface area contributed by atoms with Gasteiger partial charge in [-0.2, -0.15) is 0 Å². The summed E-state index contributed by atoms with van der Waals surface area (Å²) in [4.78, 5) is 12.0. The Morgan fingerprint density at radius 2 is 1.85 bits per heavy atom. The van der Waals surface area contributed by atoms with Crippen molar-refractivity contribution in [1.82, 2.24) is 0 Å². The lowest BCUT2D eigenvalue weighted by Crippen LogP contribution is -1.97. The Hall–Kier alpha value is -1.45. The molecule has 20 heavy (non-hydrogen) atoms. The molecule has 0 heterocycles. The molecule has 2 aromatic rings. The van der Waals surface area contributed by atoms with Gasteiger partial charge in [-0.15, -0.1) is 11.8 Å². The second-order valence-electron chi connectivity index (χ2n) is 4.61. The molecule has 0 amide bonds. The molecule has 0 aliphatic rings. The maximum absolute atomic E-state index is 11.1. The Balaban J connectivity index is 2.19. The summed E-state index contributed by atoms with van der Waals surface area (Å²) >= 11 is 7.49. The number of carboxylic acids is 1. The molecule has 0 aromatic heterocycles. The summed E-state index contributed by atoms with van der Waals surface area (Å²) in [5, 5.41) is 9.34. The second-order valence-corrected chi connectivity index (χ2v) is 6.06. The van der Waals surface area contributed by atoms with Crippen LogP contribution < -0.4 is 0 Å². The van der Waals surface area contributed by atoms with E-state index in [-0.39, 0.29) is 10.6 Å². The third-order valence-corrected chi connectivity index (χ3v) is 4.55. The molecule has 0 bridgehead atoms. The average molecular weight is 307 g/mol. The Morgan fingerprint density at radius 1 is 1.20 bits per heavy atom.